The van der Waals surface area contributed by atoms with Crippen molar-refractivity contribution in [2.24, 2.45) is 0 Å². The molecular formula is C11H11NO. The number of benzene rings is 1. The van der Waals surface area contributed by atoms with Crippen LogP contribution in [0.15, 0.2) is 36.7 Å². The van der Waals surface area contributed by atoms with E-state index < -0.39 is 0 Å². The SMILES string of the molecule is CO/C=C\c1cccc2[nH]ccc12. The number of hydrogen-bond acceptors (Lipinski definition) is 1. The van der Waals surface area contributed by atoms with E-state index >= 15 is 0 Å². The Morgan fingerprint density at radius 1 is 1.31 bits per heavy atom. The first-order valence-corrected chi connectivity index (χ1v) is 4.17. The minimum Gasteiger partial charge on any atom is -0.504 e. The van der Waals surface area contributed by atoms with Crippen LogP contribution >= 0.6 is 0 Å². The zero-order valence-electron chi connectivity index (χ0n) is 7.45. The van der Waals surface area contributed by atoms with Crippen molar-refractivity contribution in [3.05, 3.63) is 42.3 Å². The van der Waals surface area contributed by atoms with Crippen molar-refractivity contribution < 1.29 is 4.74 Å². The number of rotatable bonds is 2. The number of methoxy groups -OCH3 is 1. The molecule has 0 aliphatic heterocycles. The Morgan fingerprint density at radius 3 is 3.08 bits per heavy atom. The van der Waals surface area contributed by atoms with Crippen molar-refractivity contribution in [3.8, 4) is 0 Å². The number of nitrogens with one attached hydrogen (secondary N) is 1. The van der Waals surface area contributed by atoms with Gasteiger partial charge in [0.2, 0.25) is 0 Å². The fraction of sp³-hybridized carbons (Fsp3) is 0.0909. The summed E-state index contributed by atoms with van der Waals surface area (Å²) in [6.45, 7) is 0. The van der Waals surface area contributed by atoms with Crippen LogP contribution in [0.4, 0.5) is 0 Å². The van der Waals surface area contributed by atoms with Crippen LogP contribution in [-0.4, -0.2) is 12.1 Å². The first-order valence-electron chi connectivity index (χ1n) is 4.17. The topological polar surface area (TPSA) is 25.0 Å². The molecule has 1 heterocycles. The van der Waals surface area contributed by atoms with Gasteiger partial charge in [0.1, 0.15) is 0 Å². The van der Waals surface area contributed by atoms with Gasteiger partial charge in [-0.15, -0.1) is 0 Å². The van der Waals surface area contributed by atoms with Crippen LogP contribution in [0.5, 0.6) is 0 Å². The van der Waals surface area contributed by atoms with Crippen molar-refractivity contribution >= 4 is 17.0 Å². The van der Waals surface area contributed by atoms with E-state index in [-0.39, 0.29) is 0 Å². The maximum absolute atomic E-state index is 4.88. The first kappa shape index (κ1) is 7.92. The molecule has 0 spiro atoms. The summed E-state index contributed by atoms with van der Waals surface area (Å²) in [5.41, 5.74) is 2.32. The Bertz CT molecular complexity index is 428. The predicted molar refractivity (Wildman–Crippen MR) is 54.3 cm³/mol. The monoisotopic (exact) mass is 173 g/mol. The van der Waals surface area contributed by atoms with Crippen molar-refractivity contribution in [3.63, 3.8) is 0 Å². The largest absolute Gasteiger partial charge is 0.504 e. The lowest BCUT2D eigenvalue weighted by atomic mass is 10.1. The van der Waals surface area contributed by atoms with Crippen LogP contribution in [0.1, 0.15) is 5.56 Å². The molecule has 13 heavy (non-hydrogen) atoms. The van der Waals surface area contributed by atoms with Gasteiger partial charge in [0.25, 0.3) is 0 Å². The van der Waals surface area contributed by atoms with Crippen molar-refractivity contribution in [2.75, 3.05) is 7.11 Å². The van der Waals surface area contributed by atoms with E-state index in [1.54, 1.807) is 13.4 Å². The molecule has 0 bridgehead atoms. The average molecular weight is 173 g/mol. The highest BCUT2D eigenvalue weighted by Crippen LogP contribution is 2.18. The Balaban J connectivity index is 2.54. The third-order valence-electron chi connectivity index (χ3n) is 2.01. The molecular weight excluding hydrogens is 162 g/mol. The number of fused-ring (bicyclic) bond motifs is 1. The van der Waals surface area contributed by atoms with Crippen LogP contribution in [0.2, 0.25) is 0 Å². The maximum Gasteiger partial charge on any atom is 0.0830 e. The molecule has 1 N–H and O–H groups in total. The molecule has 0 unspecified atom stereocenters. The minimum absolute atomic E-state index is 1.15. The van der Waals surface area contributed by atoms with Gasteiger partial charge in [-0.25, -0.2) is 0 Å². The lowest BCUT2D eigenvalue weighted by Gasteiger charge is -1.95. The molecule has 2 nitrogen and oxygen atoms in total. The first-order chi connectivity index (χ1) is 6.42. The molecule has 0 saturated heterocycles. The molecule has 1 aromatic carbocycles. The molecule has 0 atom stereocenters. The second-order valence-corrected chi connectivity index (χ2v) is 2.82. The summed E-state index contributed by atoms with van der Waals surface area (Å²) in [5, 5.41) is 1.22. The Labute approximate surface area is 76.8 Å². The van der Waals surface area contributed by atoms with E-state index in [1.807, 2.05) is 18.3 Å². The normalized spacial score (nSPS) is 11.2. The Hall–Kier alpha value is -1.70. The number of aromatic amines is 1. The van der Waals surface area contributed by atoms with Gasteiger partial charge in [-0.05, 0) is 23.8 Å². The summed E-state index contributed by atoms with van der Waals surface area (Å²) >= 11 is 0. The van der Waals surface area contributed by atoms with Gasteiger partial charge >= 0.3 is 0 Å². The quantitative estimate of drug-likeness (QED) is 0.694. The summed E-state index contributed by atoms with van der Waals surface area (Å²) in [4.78, 5) is 3.16. The van der Waals surface area contributed by atoms with Gasteiger partial charge in [0.05, 0.1) is 13.4 Å². The van der Waals surface area contributed by atoms with Gasteiger partial charge < -0.3 is 9.72 Å². The minimum atomic E-state index is 1.15. The van der Waals surface area contributed by atoms with Crippen LogP contribution in [0, 0.1) is 0 Å². The number of ether oxygens (including phenoxy) is 1. The lowest BCUT2D eigenvalue weighted by molar-refractivity contribution is 0.341. The zero-order chi connectivity index (χ0) is 9.10. The van der Waals surface area contributed by atoms with Crippen molar-refractivity contribution in [1.29, 1.82) is 0 Å². The van der Waals surface area contributed by atoms with E-state index in [0.717, 1.165) is 5.52 Å². The predicted octanol–water partition coefficient (Wildman–Crippen LogP) is 2.79. The number of hydrogen-bond donors (Lipinski definition) is 1. The van der Waals surface area contributed by atoms with Crippen LogP contribution in [0.3, 0.4) is 0 Å². The molecule has 0 fully saturated rings. The smallest absolute Gasteiger partial charge is 0.0830 e. The highest BCUT2D eigenvalue weighted by molar-refractivity contribution is 5.88. The van der Waals surface area contributed by atoms with E-state index in [9.17, 15) is 0 Å². The summed E-state index contributed by atoms with van der Waals surface area (Å²) in [6.07, 6.45) is 5.58. The standard InChI is InChI=1S/C11H11NO/c1-13-8-6-9-3-2-4-11-10(9)5-7-12-11/h2-8,12H,1H3/b8-6-. The highest BCUT2D eigenvalue weighted by Gasteiger charge is 1.96. The molecule has 0 aliphatic rings. The third-order valence-corrected chi connectivity index (χ3v) is 2.01. The number of H-pyrrole nitrogens is 1. The Morgan fingerprint density at radius 2 is 2.23 bits per heavy atom. The average Bonchev–Trinajstić information content (AvgIpc) is 2.62. The second kappa shape index (κ2) is 3.35. The molecule has 2 heteroatoms. The van der Waals surface area contributed by atoms with Crippen LogP contribution < -0.4 is 0 Å². The third kappa shape index (κ3) is 1.43. The summed E-state index contributed by atoms with van der Waals surface area (Å²) in [6, 6.07) is 8.20. The summed E-state index contributed by atoms with van der Waals surface area (Å²) < 4.78 is 4.88. The second-order valence-electron chi connectivity index (χ2n) is 2.82. The molecule has 0 aliphatic carbocycles. The Kier molecular flexibility index (Phi) is 2.04. The highest BCUT2D eigenvalue weighted by atomic mass is 16.5. The van der Waals surface area contributed by atoms with Gasteiger partial charge in [0, 0.05) is 17.1 Å². The van der Waals surface area contributed by atoms with Gasteiger partial charge in [0.15, 0.2) is 0 Å². The van der Waals surface area contributed by atoms with Crippen molar-refractivity contribution in [1.82, 2.24) is 4.98 Å². The zero-order valence-corrected chi connectivity index (χ0v) is 7.45. The van der Waals surface area contributed by atoms with Crippen LogP contribution in [0.25, 0.3) is 17.0 Å². The molecule has 0 amide bonds. The van der Waals surface area contributed by atoms with E-state index in [1.165, 1.54) is 10.9 Å². The van der Waals surface area contributed by atoms with E-state index in [4.69, 9.17) is 4.74 Å². The van der Waals surface area contributed by atoms with Crippen LogP contribution in [-0.2, 0) is 4.74 Å². The molecule has 0 radical (unpaired) electrons. The molecule has 2 aromatic rings. The van der Waals surface area contributed by atoms with E-state index in [2.05, 4.69) is 23.2 Å². The molecule has 2 rings (SSSR count). The fourth-order valence-corrected chi connectivity index (χ4v) is 1.40. The van der Waals surface area contributed by atoms with E-state index in [0.29, 0.717) is 0 Å². The summed E-state index contributed by atoms with van der Waals surface area (Å²) in [7, 11) is 1.65. The van der Waals surface area contributed by atoms with Gasteiger partial charge in [-0.2, -0.15) is 0 Å². The van der Waals surface area contributed by atoms with Crippen molar-refractivity contribution in [2.45, 2.75) is 0 Å². The fourth-order valence-electron chi connectivity index (χ4n) is 1.40. The summed E-state index contributed by atoms with van der Waals surface area (Å²) in [5.74, 6) is 0. The van der Waals surface area contributed by atoms with Gasteiger partial charge in [-0.3, -0.25) is 0 Å². The number of aromatic nitrogens is 1. The molecule has 66 valence electrons. The van der Waals surface area contributed by atoms with Gasteiger partial charge in [-0.1, -0.05) is 12.1 Å². The maximum atomic E-state index is 4.88. The lowest BCUT2D eigenvalue weighted by Crippen LogP contribution is -1.74. The molecule has 1 aromatic heterocycles. The molecule has 0 saturated carbocycles.